The van der Waals surface area contributed by atoms with Gasteiger partial charge in [0, 0.05) is 11.1 Å². The molecule has 0 atom stereocenters. The fourth-order valence-corrected chi connectivity index (χ4v) is 4.19. The predicted molar refractivity (Wildman–Crippen MR) is 128 cm³/mol. The Morgan fingerprint density at radius 1 is 0.871 bits per heavy atom. The average Bonchev–Trinajstić information content (AvgIpc) is 3.61. The Balaban J connectivity index is 1.35. The normalized spacial score (nSPS) is 13.7. The molecule has 154 valence electrons. The molecule has 2 heteroatoms. The van der Waals surface area contributed by atoms with Crippen molar-refractivity contribution in [1.82, 2.24) is 5.16 Å². The van der Waals surface area contributed by atoms with Crippen LogP contribution in [0.15, 0.2) is 89.5 Å². The van der Waals surface area contributed by atoms with Gasteiger partial charge in [-0.15, -0.1) is 0 Å². The Morgan fingerprint density at radius 3 is 2.35 bits per heavy atom. The molecule has 0 unspecified atom stereocenters. The second-order valence-corrected chi connectivity index (χ2v) is 8.38. The lowest BCUT2D eigenvalue weighted by atomic mass is 9.95. The Hall–Kier alpha value is -3.39. The van der Waals surface area contributed by atoms with E-state index in [0.717, 1.165) is 41.3 Å². The molecule has 1 saturated carbocycles. The van der Waals surface area contributed by atoms with Gasteiger partial charge in [0.25, 0.3) is 0 Å². The quantitative estimate of drug-likeness (QED) is 0.313. The molecule has 4 aromatic rings. The van der Waals surface area contributed by atoms with Gasteiger partial charge in [0.05, 0.1) is 5.69 Å². The van der Waals surface area contributed by atoms with E-state index in [0.29, 0.717) is 0 Å². The Labute approximate surface area is 184 Å². The van der Waals surface area contributed by atoms with Crippen LogP contribution in [-0.2, 0) is 6.42 Å². The monoisotopic (exact) mass is 405 g/mol. The molecular formula is C29H27NO. The third-order valence-corrected chi connectivity index (χ3v) is 6.07. The van der Waals surface area contributed by atoms with Gasteiger partial charge in [-0.2, -0.15) is 0 Å². The van der Waals surface area contributed by atoms with Crippen LogP contribution in [-0.4, -0.2) is 5.16 Å². The second-order valence-electron chi connectivity index (χ2n) is 8.38. The van der Waals surface area contributed by atoms with Crippen molar-refractivity contribution >= 4 is 6.08 Å². The molecule has 1 aromatic heterocycles. The van der Waals surface area contributed by atoms with E-state index in [1.807, 2.05) is 6.92 Å². The topological polar surface area (TPSA) is 26.0 Å². The summed E-state index contributed by atoms with van der Waals surface area (Å²) in [6, 6.07) is 28.1. The highest BCUT2D eigenvalue weighted by molar-refractivity contribution is 5.75. The number of benzene rings is 3. The molecule has 0 saturated heterocycles. The van der Waals surface area contributed by atoms with Crippen molar-refractivity contribution < 1.29 is 4.52 Å². The summed E-state index contributed by atoms with van der Waals surface area (Å²) in [6.45, 7) is 2.00. The first-order chi connectivity index (χ1) is 15.3. The van der Waals surface area contributed by atoms with Crippen LogP contribution >= 0.6 is 0 Å². The van der Waals surface area contributed by atoms with E-state index in [1.54, 1.807) is 0 Å². The van der Waals surface area contributed by atoms with Crippen LogP contribution in [0, 0.1) is 6.92 Å². The fourth-order valence-electron chi connectivity index (χ4n) is 4.19. The molecule has 0 amide bonds. The number of aryl methyl sites for hydroxylation is 2. The molecule has 0 spiro atoms. The van der Waals surface area contributed by atoms with Crippen LogP contribution in [0.1, 0.15) is 47.6 Å². The van der Waals surface area contributed by atoms with Crippen LogP contribution in [0.2, 0.25) is 0 Å². The maximum absolute atomic E-state index is 5.71. The van der Waals surface area contributed by atoms with E-state index in [1.165, 1.54) is 35.1 Å². The first kappa shape index (κ1) is 19.6. The van der Waals surface area contributed by atoms with E-state index >= 15 is 0 Å². The van der Waals surface area contributed by atoms with Gasteiger partial charge in [0.2, 0.25) is 0 Å². The van der Waals surface area contributed by atoms with Gasteiger partial charge < -0.3 is 4.52 Å². The summed E-state index contributed by atoms with van der Waals surface area (Å²) < 4.78 is 5.71. The molecule has 0 radical (unpaired) electrons. The Morgan fingerprint density at radius 2 is 1.58 bits per heavy atom. The Kier molecular flexibility index (Phi) is 5.54. The molecule has 0 N–H and O–H groups in total. The highest BCUT2D eigenvalue weighted by atomic mass is 16.5. The van der Waals surface area contributed by atoms with Gasteiger partial charge in [-0.25, -0.2) is 0 Å². The van der Waals surface area contributed by atoms with Crippen LogP contribution in [0.5, 0.6) is 0 Å². The van der Waals surface area contributed by atoms with Gasteiger partial charge in [-0.05, 0) is 60.8 Å². The smallest absolute Gasteiger partial charge is 0.174 e. The number of hydrogen-bond donors (Lipinski definition) is 0. The van der Waals surface area contributed by atoms with Crippen LogP contribution in [0.4, 0.5) is 0 Å². The van der Waals surface area contributed by atoms with Gasteiger partial charge in [0.1, 0.15) is 0 Å². The van der Waals surface area contributed by atoms with Crippen molar-refractivity contribution in [2.24, 2.45) is 0 Å². The molecule has 31 heavy (non-hydrogen) atoms. The minimum Gasteiger partial charge on any atom is -0.355 e. The molecule has 2 nitrogen and oxygen atoms in total. The number of rotatable bonds is 7. The van der Waals surface area contributed by atoms with Crippen LogP contribution < -0.4 is 0 Å². The molecule has 1 aliphatic rings. The lowest BCUT2D eigenvalue weighted by molar-refractivity contribution is 0.427. The predicted octanol–water partition coefficient (Wildman–Crippen LogP) is 7.84. The van der Waals surface area contributed by atoms with Crippen molar-refractivity contribution in [2.45, 2.75) is 38.5 Å². The molecular weight excluding hydrogens is 378 g/mol. The standard InChI is InChI=1S/C29H27NO/c1-21-26(12-6-5-11-22-9-3-2-4-10-22)29(31-30-21)25-19-17-24(18-20-25)28-14-8-7-13-27(28)23-15-16-23/h2-4,6-10,12-14,17-20,23H,5,11,15-16H2,1H3/b12-6-. The molecule has 0 bridgehead atoms. The summed E-state index contributed by atoms with van der Waals surface area (Å²) in [5.41, 5.74) is 8.52. The lowest BCUT2D eigenvalue weighted by Crippen LogP contribution is -1.87. The minimum atomic E-state index is 0.737. The summed E-state index contributed by atoms with van der Waals surface area (Å²) in [7, 11) is 0. The summed E-state index contributed by atoms with van der Waals surface area (Å²) in [4.78, 5) is 0. The SMILES string of the molecule is Cc1noc(-c2ccc(-c3ccccc3C3CC3)cc2)c1/C=C\CCc1ccccc1. The summed E-state index contributed by atoms with van der Waals surface area (Å²) in [6.07, 6.45) is 9.02. The van der Waals surface area contributed by atoms with Crippen molar-refractivity contribution in [3.8, 4) is 22.5 Å². The molecule has 1 fully saturated rings. The zero-order chi connectivity index (χ0) is 21.0. The maximum atomic E-state index is 5.71. The van der Waals surface area contributed by atoms with Crippen molar-refractivity contribution in [1.29, 1.82) is 0 Å². The highest BCUT2D eigenvalue weighted by Gasteiger charge is 2.26. The van der Waals surface area contributed by atoms with Crippen LogP contribution in [0.25, 0.3) is 28.5 Å². The van der Waals surface area contributed by atoms with E-state index < -0.39 is 0 Å². The first-order valence-corrected chi connectivity index (χ1v) is 11.2. The number of allylic oxidation sites excluding steroid dienone is 1. The van der Waals surface area contributed by atoms with E-state index in [-0.39, 0.29) is 0 Å². The number of hydrogen-bond acceptors (Lipinski definition) is 2. The Bertz CT molecular complexity index is 1180. The van der Waals surface area contributed by atoms with E-state index in [4.69, 9.17) is 4.52 Å². The van der Waals surface area contributed by atoms with Gasteiger partial charge in [-0.3, -0.25) is 0 Å². The van der Waals surface area contributed by atoms with Crippen molar-refractivity contribution in [3.63, 3.8) is 0 Å². The van der Waals surface area contributed by atoms with Crippen LogP contribution in [0.3, 0.4) is 0 Å². The number of nitrogens with zero attached hydrogens (tertiary/aromatic N) is 1. The molecule has 1 heterocycles. The first-order valence-electron chi connectivity index (χ1n) is 11.2. The average molecular weight is 406 g/mol. The van der Waals surface area contributed by atoms with Gasteiger partial charge in [-0.1, -0.05) is 96.2 Å². The molecule has 3 aromatic carbocycles. The lowest BCUT2D eigenvalue weighted by Gasteiger charge is -2.09. The van der Waals surface area contributed by atoms with Gasteiger partial charge >= 0.3 is 0 Å². The summed E-state index contributed by atoms with van der Waals surface area (Å²) >= 11 is 0. The van der Waals surface area contributed by atoms with Gasteiger partial charge in [0.15, 0.2) is 5.76 Å². The molecule has 5 rings (SSSR count). The van der Waals surface area contributed by atoms with Crippen molar-refractivity contribution in [3.05, 3.63) is 107 Å². The second kappa shape index (κ2) is 8.77. The third kappa shape index (κ3) is 4.39. The minimum absolute atomic E-state index is 0.737. The highest BCUT2D eigenvalue weighted by Crippen LogP contribution is 2.44. The zero-order valence-corrected chi connectivity index (χ0v) is 17.9. The maximum Gasteiger partial charge on any atom is 0.174 e. The zero-order valence-electron chi connectivity index (χ0n) is 17.9. The van der Waals surface area contributed by atoms with E-state index in [9.17, 15) is 0 Å². The molecule has 1 aliphatic carbocycles. The summed E-state index contributed by atoms with van der Waals surface area (Å²) in [5.74, 6) is 1.58. The van der Waals surface area contributed by atoms with E-state index in [2.05, 4.69) is 96.2 Å². The fraction of sp³-hybridized carbons (Fsp3) is 0.207. The molecule has 0 aliphatic heterocycles. The third-order valence-electron chi connectivity index (χ3n) is 6.07. The van der Waals surface area contributed by atoms with Crippen molar-refractivity contribution in [2.75, 3.05) is 0 Å². The number of aromatic nitrogens is 1. The largest absolute Gasteiger partial charge is 0.355 e. The summed E-state index contributed by atoms with van der Waals surface area (Å²) in [5, 5.41) is 4.23.